The third-order valence-electron chi connectivity index (χ3n) is 5.15. The molecule has 0 unspecified atom stereocenters. The molecule has 0 fully saturated rings. The fourth-order valence-electron chi connectivity index (χ4n) is 3.27. The molecule has 2 aromatic carbocycles. The minimum atomic E-state index is -0.663. The Morgan fingerprint density at radius 3 is 2.36 bits per heavy atom. The lowest BCUT2D eigenvalue weighted by atomic mass is 10.0. The van der Waals surface area contributed by atoms with Crippen molar-refractivity contribution in [2.75, 3.05) is 12.8 Å². The van der Waals surface area contributed by atoms with Gasteiger partial charge in [0.25, 0.3) is 11.8 Å². The number of amides is 3. The predicted molar refractivity (Wildman–Crippen MR) is 126 cm³/mol. The summed E-state index contributed by atoms with van der Waals surface area (Å²) in [6.45, 7) is 4.03. The summed E-state index contributed by atoms with van der Waals surface area (Å²) in [5.74, 6) is -0.388. The molecule has 0 saturated carbocycles. The Hall–Kier alpha value is -4.07. The summed E-state index contributed by atoms with van der Waals surface area (Å²) in [6.07, 6.45) is 0. The van der Waals surface area contributed by atoms with Crippen molar-refractivity contribution in [2.45, 2.75) is 26.4 Å². The number of hydrogen-bond acceptors (Lipinski definition) is 5. The Morgan fingerprint density at radius 1 is 0.970 bits per heavy atom. The Bertz CT molecular complexity index is 1140. The van der Waals surface area contributed by atoms with Gasteiger partial charge in [0.05, 0.1) is 0 Å². The smallest absolute Gasteiger partial charge is 0.287 e. The minimum absolute atomic E-state index is 0.0801. The first-order valence-electron chi connectivity index (χ1n) is 10.6. The van der Waals surface area contributed by atoms with Crippen LogP contribution < -0.4 is 21.7 Å². The largest absolute Gasteiger partial charge is 0.451 e. The van der Waals surface area contributed by atoms with E-state index in [1.165, 1.54) is 7.05 Å². The van der Waals surface area contributed by atoms with Crippen molar-refractivity contribution in [1.82, 2.24) is 16.0 Å². The van der Waals surface area contributed by atoms with E-state index in [1.807, 2.05) is 38.1 Å². The molecule has 1 heterocycles. The van der Waals surface area contributed by atoms with Gasteiger partial charge in [0.2, 0.25) is 5.91 Å². The lowest BCUT2D eigenvalue weighted by Crippen LogP contribution is -2.48. The van der Waals surface area contributed by atoms with E-state index in [2.05, 4.69) is 16.0 Å². The molecule has 172 valence electrons. The van der Waals surface area contributed by atoms with Crippen LogP contribution in [0.5, 0.6) is 0 Å². The molecule has 8 nitrogen and oxygen atoms in total. The van der Waals surface area contributed by atoms with Crippen molar-refractivity contribution in [2.24, 2.45) is 5.92 Å². The van der Waals surface area contributed by atoms with Gasteiger partial charge in [-0.25, -0.2) is 0 Å². The second-order valence-corrected chi connectivity index (χ2v) is 7.98. The highest BCUT2D eigenvalue weighted by atomic mass is 16.4. The number of hydrogen-bond donors (Lipinski definition) is 4. The Kier molecular flexibility index (Phi) is 7.50. The van der Waals surface area contributed by atoms with Crippen molar-refractivity contribution in [1.29, 1.82) is 0 Å². The summed E-state index contributed by atoms with van der Waals surface area (Å²) < 4.78 is 5.74. The Morgan fingerprint density at radius 2 is 1.70 bits per heavy atom. The maximum Gasteiger partial charge on any atom is 0.287 e. The van der Waals surface area contributed by atoms with E-state index in [9.17, 15) is 14.4 Å². The number of rotatable bonds is 8. The standard InChI is InChI=1S/C25H28N4O4/c1-15(2)22(25(32)27-3)29-24(31)21-12-11-20(33-21)18-6-4-5-16(13-18)14-28-23(30)17-7-9-19(26)10-8-17/h4-13,15,22H,14,26H2,1-3H3,(H,27,32)(H,28,30)(H,29,31)/t22-/m0/s1. The van der Waals surface area contributed by atoms with Gasteiger partial charge in [-0.15, -0.1) is 0 Å². The van der Waals surface area contributed by atoms with Gasteiger partial charge in [-0.3, -0.25) is 14.4 Å². The molecule has 1 aromatic heterocycles. The van der Waals surface area contributed by atoms with E-state index < -0.39 is 11.9 Å². The number of nitrogens with one attached hydrogen (secondary N) is 3. The van der Waals surface area contributed by atoms with E-state index in [4.69, 9.17) is 10.2 Å². The first-order valence-corrected chi connectivity index (χ1v) is 10.6. The van der Waals surface area contributed by atoms with Gasteiger partial charge in [-0.05, 0) is 53.9 Å². The zero-order chi connectivity index (χ0) is 24.0. The SMILES string of the molecule is CNC(=O)[C@@H](NC(=O)c1ccc(-c2cccc(CNC(=O)c3ccc(N)cc3)c2)o1)C(C)C. The summed E-state index contributed by atoms with van der Waals surface area (Å²) in [7, 11) is 1.53. The van der Waals surface area contributed by atoms with E-state index in [0.29, 0.717) is 23.6 Å². The second-order valence-electron chi connectivity index (χ2n) is 7.98. The highest BCUT2D eigenvalue weighted by Gasteiger charge is 2.25. The van der Waals surface area contributed by atoms with Crippen molar-refractivity contribution < 1.29 is 18.8 Å². The van der Waals surface area contributed by atoms with E-state index in [1.54, 1.807) is 36.4 Å². The van der Waals surface area contributed by atoms with Gasteiger partial charge in [0.1, 0.15) is 11.8 Å². The van der Waals surface area contributed by atoms with Gasteiger partial charge in [0.15, 0.2) is 5.76 Å². The van der Waals surface area contributed by atoms with Crippen LogP contribution in [-0.4, -0.2) is 30.8 Å². The van der Waals surface area contributed by atoms with Gasteiger partial charge in [-0.1, -0.05) is 32.0 Å². The summed E-state index contributed by atoms with van der Waals surface area (Å²) in [5.41, 5.74) is 8.42. The molecule has 0 bridgehead atoms. The zero-order valence-electron chi connectivity index (χ0n) is 18.8. The molecule has 33 heavy (non-hydrogen) atoms. The van der Waals surface area contributed by atoms with Crippen LogP contribution >= 0.6 is 0 Å². The summed E-state index contributed by atoms with van der Waals surface area (Å²) >= 11 is 0. The average Bonchev–Trinajstić information content (AvgIpc) is 3.31. The lowest BCUT2D eigenvalue weighted by molar-refractivity contribution is -0.123. The fraction of sp³-hybridized carbons (Fsp3) is 0.240. The highest BCUT2D eigenvalue weighted by Crippen LogP contribution is 2.23. The molecule has 3 amide bonds. The van der Waals surface area contributed by atoms with Crippen LogP contribution in [0.2, 0.25) is 0 Å². The molecule has 8 heteroatoms. The summed E-state index contributed by atoms with van der Waals surface area (Å²) in [5, 5.41) is 8.14. The third-order valence-corrected chi connectivity index (χ3v) is 5.15. The number of likely N-dealkylation sites (N-methyl/N-ethyl adjacent to an activating group) is 1. The third kappa shape index (κ3) is 6.00. The van der Waals surface area contributed by atoms with Crippen molar-refractivity contribution >= 4 is 23.4 Å². The molecule has 0 aliphatic heterocycles. The molecule has 0 radical (unpaired) electrons. The fourth-order valence-corrected chi connectivity index (χ4v) is 3.27. The van der Waals surface area contributed by atoms with Crippen LogP contribution in [0.3, 0.4) is 0 Å². The molecule has 0 saturated heterocycles. The lowest BCUT2D eigenvalue weighted by Gasteiger charge is -2.19. The summed E-state index contributed by atoms with van der Waals surface area (Å²) in [4.78, 5) is 36.9. The number of benzene rings is 2. The molecule has 0 aliphatic rings. The van der Waals surface area contributed by atoms with Crippen molar-refractivity contribution in [3.8, 4) is 11.3 Å². The maximum absolute atomic E-state index is 12.6. The molecule has 1 atom stereocenters. The molecule has 0 spiro atoms. The maximum atomic E-state index is 12.6. The van der Waals surface area contributed by atoms with Crippen LogP contribution in [0.4, 0.5) is 5.69 Å². The van der Waals surface area contributed by atoms with Crippen LogP contribution in [-0.2, 0) is 11.3 Å². The Labute approximate surface area is 192 Å². The monoisotopic (exact) mass is 448 g/mol. The molecule has 0 aliphatic carbocycles. The van der Waals surface area contributed by atoms with Crippen LogP contribution in [0, 0.1) is 5.92 Å². The first-order chi connectivity index (χ1) is 15.8. The quantitative estimate of drug-likeness (QED) is 0.394. The zero-order valence-corrected chi connectivity index (χ0v) is 18.8. The van der Waals surface area contributed by atoms with E-state index >= 15 is 0 Å². The van der Waals surface area contributed by atoms with Crippen LogP contribution in [0.1, 0.15) is 40.3 Å². The Balaban J connectivity index is 1.67. The summed E-state index contributed by atoms with van der Waals surface area (Å²) in [6, 6.07) is 16.8. The van der Waals surface area contributed by atoms with E-state index in [-0.39, 0.29) is 23.5 Å². The predicted octanol–water partition coefficient (Wildman–Crippen LogP) is 2.96. The molecule has 3 rings (SSSR count). The van der Waals surface area contributed by atoms with Crippen molar-refractivity contribution in [3.05, 3.63) is 77.6 Å². The van der Waals surface area contributed by atoms with Gasteiger partial charge in [-0.2, -0.15) is 0 Å². The topological polar surface area (TPSA) is 126 Å². The normalized spacial score (nSPS) is 11.6. The number of furan rings is 1. The van der Waals surface area contributed by atoms with Gasteiger partial charge in [0, 0.05) is 30.4 Å². The van der Waals surface area contributed by atoms with E-state index in [0.717, 1.165) is 11.1 Å². The number of anilines is 1. The first kappa shape index (κ1) is 23.6. The number of carbonyl (C=O) groups excluding carboxylic acids is 3. The van der Waals surface area contributed by atoms with Crippen LogP contribution in [0.25, 0.3) is 11.3 Å². The number of nitrogen functional groups attached to an aromatic ring is 1. The molecular weight excluding hydrogens is 420 g/mol. The molecule has 5 N–H and O–H groups in total. The number of carbonyl (C=O) groups is 3. The number of nitrogens with two attached hydrogens (primary N) is 1. The highest BCUT2D eigenvalue weighted by molar-refractivity contribution is 5.96. The average molecular weight is 449 g/mol. The van der Waals surface area contributed by atoms with Crippen LogP contribution in [0.15, 0.2) is 65.1 Å². The molecule has 3 aromatic rings. The van der Waals surface area contributed by atoms with Gasteiger partial charge < -0.3 is 26.1 Å². The minimum Gasteiger partial charge on any atom is -0.451 e. The van der Waals surface area contributed by atoms with Crippen molar-refractivity contribution in [3.63, 3.8) is 0 Å². The molecular formula is C25H28N4O4. The van der Waals surface area contributed by atoms with Gasteiger partial charge >= 0.3 is 0 Å². The second kappa shape index (κ2) is 10.5.